The van der Waals surface area contributed by atoms with Crippen LogP contribution in [0.3, 0.4) is 0 Å². The van der Waals surface area contributed by atoms with Crippen molar-refractivity contribution in [2.24, 2.45) is 28.6 Å². The molecule has 1 saturated heterocycles. The van der Waals surface area contributed by atoms with Crippen LogP contribution in [0.4, 0.5) is 0 Å². The number of fused-ring (bicyclic) bond motifs is 5. The van der Waals surface area contributed by atoms with E-state index in [-0.39, 0.29) is 61.9 Å². The molecule has 12 nitrogen and oxygen atoms in total. The lowest BCUT2D eigenvalue weighted by Gasteiger charge is -2.35. The third-order valence-electron chi connectivity index (χ3n) is 12.9. The lowest BCUT2D eigenvalue weighted by molar-refractivity contribution is -0.158. The van der Waals surface area contributed by atoms with Gasteiger partial charge < -0.3 is 19.1 Å². The minimum absolute atomic E-state index is 0.0807. The molecule has 1 N–H and O–H groups in total. The van der Waals surface area contributed by atoms with E-state index in [4.69, 9.17) is 19.2 Å². The van der Waals surface area contributed by atoms with E-state index in [0.29, 0.717) is 30.8 Å². The number of ketones is 1. The molecule has 1 aromatic carbocycles. The number of hydrogen-bond donors (Lipinski definition) is 1. The number of methoxy groups -OCH3 is 1. The van der Waals surface area contributed by atoms with Crippen molar-refractivity contribution in [2.45, 2.75) is 134 Å². The fourth-order valence-electron chi connectivity index (χ4n) is 9.21. The second-order valence-corrected chi connectivity index (χ2v) is 19.9. The summed E-state index contributed by atoms with van der Waals surface area (Å²) in [6.07, 6.45) is 9.17. The molecule has 1 aromatic heterocycles. The highest BCUT2D eigenvalue weighted by Gasteiger charge is 2.61. The summed E-state index contributed by atoms with van der Waals surface area (Å²) in [4.78, 5) is 63.3. The van der Waals surface area contributed by atoms with Crippen molar-refractivity contribution < 1.29 is 41.8 Å². The molecule has 13 heteroatoms. The van der Waals surface area contributed by atoms with Crippen LogP contribution in [0.1, 0.15) is 110 Å². The van der Waals surface area contributed by atoms with Gasteiger partial charge >= 0.3 is 5.97 Å². The minimum atomic E-state index is -3.85. The molecule has 2 aromatic rings. The molecule has 7 atom stereocenters. The van der Waals surface area contributed by atoms with Crippen LogP contribution in [-0.4, -0.2) is 79.0 Å². The highest BCUT2D eigenvalue weighted by atomic mass is 32.2. The molecule has 2 amide bonds. The summed E-state index contributed by atoms with van der Waals surface area (Å²) < 4.78 is 46.2. The molecule has 2 bridgehead atoms. The Labute approximate surface area is 330 Å². The summed E-state index contributed by atoms with van der Waals surface area (Å²) in [6, 6.07) is 6.69. The fourth-order valence-corrected chi connectivity index (χ4v) is 10.6. The molecule has 0 radical (unpaired) electrons. The molecule has 5 aliphatic rings. The smallest absolute Gasteiger partial charge is 0.306 e. The highest BCUT2D eigenvalue weighted by Crippen LogP contribution is 2.57. The lowest BCUT2D eigenvalue weighted by Crippen LogP contribution is -2.48. The van der Waals surface area contributed by atoms with Crippen LogP contribution in [0.2, 0.25) is 0 Å². The van der Waals surface area contributed by atoms with Gasteiger partial charge in [-0.05, 0) is 99.3 Å². The highest BCUT2D eigenvalue weighted by molar-refractivity contribution is 7.90. The predicted octanol–water partition coefficient (Wildman–Crippen LogP) is 6.23. The van der Waals surface area contributed by atoms with Crippen LogP contribution in [0.25, 0.3) is 10.9 Å². The quantitative estimate of drug-likeness (QED) is 0.240. The summed E-state index contributed by atoms with van der Waals surface area (Å²) in [5, 5.41) is 0.233. The number of ether oxygens (including phenoxy) is 3. The Morgan fingerprint density at radius 1 is 1.05 bits per heavy atom. The molecule has 1 unspecified atom stereocenters. The molecule has 2 aliphatic heterocycles. The number of carbonyl (C=O) groups excluding carboxylic acids is 4. The molecule has 3 heterocycles. The normalized spacial score (nSPS) is 30.2. The number of aryl methyl sites for hydroxylation is 1. The molecule has 0 spiro atoms. The van der Waals surface area contributed by atoms with Gasteiger partial charge in [-0.2, -0.15) is 0 Å². The zero-order chi connectivity index (χ0) is 40.0. The van der Waals surface area contributed by atoms with Crippen molar-refractivity contribution in [3.63, 3.8) is 0 Å². The average molecular weight is 792 g/mol. The van der Waals surface area contributed by atoms with Crippen molar-refractivity contribution in [3.05, 3.63) is 42.6 Å². The first-order valence-corrected chi connectivity index (χ1v) is 22.0. The number of esters is 1. The molecule has 3 aliphatic carbocycles. The summed E-state index contributed by atoms with van der Waals surface area (Å²) >= 11 is 0. The average Bonchev–Trinajstić information content (AvgIpc) is 4.04. The van der Waals surface area contributed by atoms with Gasteiger partial charge in [0.15, 0.2) is 5.78 Å². The molecule has 304 valence electrons. The van der Waals surface area contributed by atoms with Gasteiger partial charge in [0, 0.05) is 18.2 Å². The van der Waals surface area contributed by atoms with Crippen molar-refractivity contribution >= 4 is 44.5 Å². The summed E-state index contributed by atoms with van der Waals surface area (Å²) in [5.74, 6) is -1.46. The van der Waals surface area contributed by atoms with Gasteiger partial charge in [0.1, 0.15) is 23.7 Å². The number of aromatic nitrogens is 1. The van der Waals surface area contributed by atoms with Gasteiger partial charge in [0.2, 0.25) is 21.8 Å². The number of nitrogens with zero attached hydrogens (tertiary/aromatic N) is 2. The lowest BCUT2D eigenvalue weighted by atomic mass is 9.77. The topological polar surface area (TPSA) is 158 Å². The maximum atomic E-state index is 14.8. The van der Waals surface area contributed by atoms with Gasteiger partial charge in [-0.3, -0.25) is 23.9 Å². The van der Waals surface area contributed by atoms with Crippen molar-refractivity contribution in [3.8, 4) is 11.5 Å². The van der Waals surface area contributed by atoms with Crippen molar-refractivity contribution in [1.29, 1.82) is 0 Å². The van der Waals surface area contributed by atoms with Crippen LogP contribution < -0.4 is 14.2 Å². The first-order valence-electron chi connectivity index (χ1n) is 20.5. The van der Waals surface area contributed by atoms with Gasteiger partial charge in [-0.1, -0.05) is 39.7 Å². The van der Waals surface area contributed by atoms with Crippen molar-refractivity contribution in [1.82, 2.24) is 14.6 Å². The maximum absolute atomic E-state index is 14.8. The Balaban J connectivity index is 1.23. The summed E-state index contributed by atoms with van der Waals surface area (Å²) in [5.41, 5.74) is -0.324. The Bertz CT molecular complexity index is 1990. The van der Waals surface area contributed by atoms with Crippen LogP contribution >= 0.6 is 0 Å². The number of hydrogen-bond acceptors (Lipinski definition) is 10. The molecule has 56 heavy (non-hydrogen) atoms. The number of nitrogens with one attached hydrogen (secondary N) is 1. The first-order chi connectivity index (χ1) is 26.6. The third kappa shape index (κ3) is 8.48. The predicted molar refractivity (Wildman–Crippen MR) is 210 cm³/mol. The van der Waals surface area contributed by atoms with Gasteiger partial charge in [-0.15, -0.1) is 6.58 Å². The number of allylic oxidation sites excluding steroid dienone is 1. The number of sulfonamides is 1. The molecular weight excluding hydrogens is 735 g/mol. The van der Waals surface area contributed by atoms with E-state index in [1.54, 1.807) is 13.2 Å². The summed E-state index contributed by atoms with van der Waals surface area (Å²) in [7, 11) is -2.24. The number of Topliss-reactive ketones (excluding diaryl/α,β-unsaturated/α-hetero) is 1. The van der Waals surface area contributed by atoms with Crippen LogP contribution in [0.15, 0.2) is 36.9 Å². The zero-order valence-corrected chi connectivity index (χ0v) is 34.0. The number of carbonyl (C=O) groups is 4. The summed E-state index contributed by atoms with van der Waals surface area (Å²) in [6.45, 7) is 9.67. The number of benzene rings is 1. The third-order valence-corrected chi connectivity index (χ3v) is 14.7. The second-order valence-electron chi connectivity index (χ2n) is 17.9. The SMILES string of the molecule is C=C[C@@H]1C[C@]1(CC(=O)[C@@H]1C[C@@H]2CN1C(=O)[C@H](C(C)(C)C)CC(=O)OC1CCC[C@H]1CCCCCc1nc3ccc(OC)cc3cc1O2)C(=O)NS(=O)(=O)C1CC1. The number of amides is 2. The minimum Gasteiger partial charge on any atom is -0.497 e. The Kier molecular flexibility index (Phi) is 11.3. The fraction of sp³-hybridized carbons (Fsp3) is 0.651. The largest absolute Gasteiger partial charge is 0.497 e. The number of rotatable bonds is 8. The monoisotopic (exact) mass is 791 g/mol. The number of pyridine rings is 1. The Morgan fingerprint density at radius 3 is 2.52 bits per heavy atom. The van der Waals surface area contributed by atoms with E-state index in [9.17, 15) is 27.6 Å². The van der Waals surface area contributed by atoms with E-state index in [1.807, 2.05) is 45.0 Å². The van der Waals surface area contributed by atoms with Gasteiger partial charge in [0.25, 0.3) is 0 Å². The Morgan fingerprint density at radius 2 is 1.82 bits per heavy atom. The molecular formula is C43H57N3O9S. The zero-order valence-electron chi connectivity index (χ0n) is 33.2. The van der Waals surface area contributed by atoms with E-state index in [1.165, 1.54) is 4.90 Å². The Hall–Kier alpha value is -4.00. The maximum Gasteiger partial charge on any atom is 0.306 e. The van der Waals surface area contributed by atoms with E-state index in [2.05, 4.69) is 11.3 Å². The first kappa shape index (κ1) is 40.2. The van der Waals surface area contributed by atoms with E-state index >= 15 is 0 Å². The molecule has 3 saturated carbocycles. The molecule has 7 rings (SSSR count). The van der Waals surface area contributed by atoms with Crippen LogP contribution in [-0.2, 0) is 40.4 Å². The molecule has 4 fully saturated rings. The van der Waals surface area contributed by atoms with Crippen LogP contribution in [0, 0.1) is 28.6 Å². The van der Waals surface area contributed by atoms with Crippen LogP contribution in [0.5, 0.6) is 11.5 Å². The van der Waals surface area contributed by atoms with Gasteiger partial charge in [0.05, 0.1) is 53.9 Å². The second kappa shape index (κ2) is 15.7. The van der Waals surface area contributed by atoms with Crippen molar-refractivity contribution in [2.75, 3.05) is 13.7 Å². The van der Waals surface area contributed by atoms with E-state index in [0.717, 1.165) is 61.5 Å². The van der Waals surface area contributed by atoms with Gasteiger partial charge in [-0.25, -0.2) is 13.4 Å². The standard InChI is InChI=1S/C43H57N3O9S/c1-6-28-23-43(28,41(50)45-56(51,52)31-16-17-31)24-36(47)35-21-30-25-46(35)40(49)32(42(2,3)4)22-39(48)55-37-14-10-12-26(37)11-8-7-9-13-34-38(54-30)20-27-19-29(53-5)15-18-33(27)44-34/h6,15,18-20,26,28,30-32,35,37H,1,7-14,16-17,21-25H2,2-5H3,(H,45,50)/t26-,28-,30-,32-,35+,37?,43-/m1/s1. The van der Waals surface area contributed by atoms with E-state index < -0.39 is 56.0 Å².